The first-order valence-corrected chi connectivity index (χ1v) is 9.12. The van der Waals surface area contributed by atoms with Crippen molar-refractivity contribution in [3.8, 4) is 5.75 Å². The number of carbonyl (C=O) groups is 1. The summed E-state index contributed by atoms with van der Waals surface area (Å²) in [5.41, 5.74) is 1.72. The molecule has 2 heteroatoms. The van der Waals surface area contributed by atoms with Gasteiger partial charge in [0.2, 0.25) is 0 Å². The van der Waals surface area contributed by atoms with Crippen LogP contribution < -0.4 is 4.74 Å². The van der Waals surface area contributed by atoms with E-state index in [1.807, 2.05) is 49.4 Å². The molecule has 0 aliphatic carbocycles. The maximum absolute atomic E-state index is 12.6. The van der Waals surface area contributed by atoms with Gasteiger partial charge in [-0.1, -0.05) is 48.5 Å². The molecule has 0 N–H and O–H groups in total. The molecule has 0 atom stereocenters. The second-order valence-electron chi connectivity index (χ2n) is 6.39. The maximum atomic E-state index is 12.6. The molecule has 4 aromatic carbocycles. The molecule has 27 heavy (non-hydrogen) atoms. The van der Waals surface area contributed by atoms with Crippen LogP contribution in [0.1, 0.15) is 22.8 Å². The van der Waals surface area contributed by atoms with Gasteiger partial charge in [-0.3, -0.25) is 4.79 Å². The fourth-order valence-electron chi connectivity index (χ4n) is 3.37. The summed E-state index contributed by atoms with van der Waals surface area (Å²) in [5, 5.41) is 4.63. The normalized spacial score (nSPS) is 11.3. The topological polar surface area (TPSA) is 26.3 Å². The van der Waals surface area contributed by atoms with E-state index in [9.17, 15) is 4.79 Å². The largest absolute Gasteiger partial charge is 0.494 e. The first-order chi connectivity index (χ1) is 13.3. The number of benzene rings is 4. The molecular formula is C25H20O2. The highest BCUT2D eigenvalue weighted by molar-refractivity contribution is 6.11. The zero-order valence-electron chi connectivity index (χ0n) is 15.2. The second-order valence-corrected chi connectivity index (χ2v) is 6.39. The zero-order chi connectivity index (χ0) is 18.6. The monoisotopic (exact) mass is 352 g/mol. The molecule has 0 unspecified atom stereocenters. The van der Waals surface area contributed by atoms with Crippen LogP contribution >= 0.6 is 0 Å². The highest BCUT2D eigenvalue weighted by Crippen LogP contribution is 2.29. The van der Waals surface area contributed by atoms with Gasteiger partial charge in [0.15, 0.2) is 5.78 Å². The van der Waals surface area contributed by atoms with Gasteiger partial charge in [-0.25, -0.2) is 0 Å². The lowest BCUT2D eigenvalue weighted by Gasteiger charge is -2.08. The Morgan fingerprint density at radius 2 is 1.44 bits per heavy atom. The van der Waals surface area contributed by atoms with Crippen LogP contribution in [0, 0.1) is 0 Å². The van der Waals surface area contributed by atoms with Crippen LogP contribution in [0.5, 0.6) is 5.75 Å². The molecule has 0 aliphatic rings. The van der Waals surface area contributed by atoms with E-state index in [-0.39, 0.29) is 5.78 Å². The average molecular weight is 352 g/mol. The Morgan fingerprint density at radius 3 is 2.04 bits per heavy atom. The lowest BCUT2D eigenvalue weighted by Crippen LogP contribution is -1.96. The van der Waals surface area contributed by atoms with E-state index >= 15 is 0 Å². The van der Waals surface area contributed by atoms with Crippen molar-refractivity contribution in [3.05, 3.63) is 96.1 Å². The highest BCUT2D eigenvalue weighted by Gasteiger charge is 2.07. The van der Waals surface area contributed by atoms with E-state index < -0.39 is 0 Å². The Kier molecular flexibility index (Phi) is 4.71. The number of fused-ring (bicyclic) bond motifs is 2. The van der Waals surface area contributed by atoms with Gasteiger partial charge in [0, 0.05) is 5.56 Å². The maximum Gasteiger partial charge on any atom is 0.185 e. The van der Waals surface area contributed by atoms with Crippen molar-refractivity contribution in [1.29, 1.82) is 0 Å². The van der Waals surface area contributed by atoms with Crippen LogP contribution in [-0.2, 0) is 0 Å². The van der Waals surface area contributed by atoms with E-state index in [0.29, 0.717) is 12.2 Å². The third kappa shape index (κ3) is 3.47. The minimum absolute atomic E-state index is 0.0185. The van der Waals surface area contributed by atoms with Gasteiger partial charge >= 0.3 is 0 Å². The molecule has 132 valence electrons. The van der Waals surface area contributed by atoms with Crippen molar-refractivity contribution in [2.24, 2.45) is 0 Å². The molecule has 0 saturated heterocycles. The number of hydrogen-bond donors (Lipinski definition) is 0. The summed E-state index contributed by atoms with van der Waals surface area (Å²) < 4.78 is 5.44. The molecule has 0 radical (unpaired) electrons. The third-order valence-electron chi connectivity index (χ3n) is 4.66. The Morgan fingerprint density at radius 1 is 0.852 bits per heavy atom. The molecule has 0 aromatic heterocycles. The van der Waals surface area contributed by atoms with Gasteiger partial charge in [-0.2, -0.15) is 0 Å². The van der Waals surface area contributed by atoms with Crippen LogP contribution in [0.15, 0.2) is 84.9 Å². The standard InChI is InChI=1S/C25H20O2/c1-2-27-21-13-11-18(12-14-21)25(26)16-15-24-22-9-5-3-7-19(22)17-20-8-4-6-10-23(20)24/h3-17H,2H2,1H3/b16-15+. The van der Waals surface area contributed by atoms with Crippen LogP contribution in [0.2, 0.25) is 0 Å². The first kappa shape index (κ1) is 17.0. The Hall–Kier alpha value is -3.39. The van der Waals surface area contributed by atoms with Gasteiger partial charge < -0.3 is 4.74 Å². The molecule has 4 rings (SSSR count). The summed E-state index contributed by atoms with van der Waals surface area (Å²) in [5.74, 6) is 0.758. The van der Waals surface area contributed by atoms with E-state index in [0.717, 1.165) is 22.1 Å². The Balaban J connectivity index is 1.74. The quantitative estimate of drug-likeness (QED) is 0.240. The minimum atomic E-state index is -0.0185. The lowest BCUT2D eigenvalue weighted by atomic mass is 9.96. The fourth-order valence-corrected chi connectivity index (χ4v) is 3.37. The molecule has 0 bridgehead atoms. The average Bonchev–Trinajstić information content (AvgIpc) is 2.71. The smallest absolute Gasteiger partial charge is 0.185 e. The Labute approximate surface area is 158 Å². The fraction of sp³-hybridized carbons (Fsp3) is 0.0800. The summed E-state index contributed by atoms with van der Waals surface area (Å²) in [6.07, 6.45) is 3.59. The Bertz CT molecular complexity index is 1080. The van der Waals surface area contributed by atoms with Gasteiger partial charge in [-0.05, 0) is 76.5 Å². The van der Waals surface area contributed by atoms with Crippen LogP contribution in [-0.4, -0.2) is 12.4 Å². The number of ether oxygens (including phenoxy) is 1. The zero-order valence-corrected chi connectivity index (χ0v) is 15.2. The predicted octanol–water partition coefficient (Wildman–Crippen LogP) is 6.29. The predicted molar refractivity (Wildman–Crippen MR) is 112 cm³/mol. The van der Waals surface area contributed by atoms with Gasteiger partial charge in [0.25, 0.3) is 0 Å². The minimum Gasteiger partial charge on any atom is -0.494 e. The van der Waals surface area contributed by atoms with Crippen molar-refractivity contribution in [3.63, 3.8) is 0 Å². The van der Waals surface area contributed by atoms with Crippen molar-refractivity contribution in [2.45, 2.75) is 6.92 Å². The molecule has 0 fully saturated rings. The number of rotatable bonds is 5. The number of carbonyl (C=O) groups excluding carboxylic acids is 1. The summed E-state index contributed by atoms with van der Waals surface area (Å²) >= 11 is 0. The van der Waals surface area contributed by atoms with Crippen molar-refractivity contribution in [1.82, 2.24) is 0 Å². The van der Waals surface area contributed by atoms with E-state index in [2.05, 4.69) is 30.3 Å². The molecule has 0 amide bonds. The first-order valence-electron chi connectivity index (χ1n) is 9.12. The molecule has 0 saturated carbocycles. The highest BCUT2D eigenvalue weighted by atomic mass is 16.5. The summed E-state index contributed by atoms with van der Waals surface area (Å²) in [7, 11) is 0. The van der Waals surface area contributed by atoms with Gasteiger partial charge in [-0.15, -0.1) is 0 Å². The second kappa shape index (κ2) is 7.46. The summed E-state index contributed by atoms with van der Waals surface area (Å²) in [6.45, 7) is 2.55. The van der Waals surface area contributed by atoms with Gasteiger partial charge in [0.05, 0.1) is 6.61 Å². The van der Waals surface area contributed by atoms with Crippen molar-refractivity contribution < 1.29 is 9.53 Å². The summed E-state index contributed by atoms with van der Waals surface area (Å²) in [4.78, 5) is 12.6. The SMILES string of the molecule is CCOc1ccc(C(=O)/C=C/c2c3ccccc3cc3ccccc23)cc1. The van der Waals surface area contributed by atoms with Crippen molar-refractivity contribution in [2.75, 3.05) is 6.61 Å². The van der Waals surface area contributed by atoms with Crippen LogP contribution in [0.3, 0.4) is 0 Å². The number of allylic oxidation sites excluding steroid dienone is 1. The van der Waals surface area contributed by atoms with Gasteiger partial charge in [0.1, 0.15) is 5.75 Å². The summed E-state index contributed by atoms with van der Waals surface area (Å²) in [6, 6.07) is 26.0. The molecule has 0 aliphatic heterocycles. The van der Waals surface area contributed by atoms with Crippen molar-refractivity contribution >= 4 is 33.4 Å². The number of hydrogen-bond acceptors (Lipinski definition) is 2. The lowest BCUT2D eigenvalue weighted by molar-refractivity contribution is 0.104. The molecule has 0 spiro atoms. The molecule has 2 nitrogen and oxygen atoms in total. The van der Waals surface area contributed by atoms with E-state index in [1.54, 1.807) is 18.2 Å². The molecule has 0 heterocycles. The van der Waals surface area contributed by atoms with E-state index in [4.69, 9.17) is 4.74 Å². The molecular weight excluding hydrogens is 332 g/mol. The van der Waals surface area contributed by atoms with Crippen LogP contribution in [0.25, 0.3) is 27.6 Å². The number of ketones is 1. The van der Waals surface area contributed by atoms with E-state index in [1.165, 1.54) is 10.8 Å². The van der Waals surface area contributed by atoms with Crippen LogP contribution in [0.4, 0.5) is 0 Å². The third-order valence-corrected chi connectivity index (χ3v) is 4.66. The molecule has 4 aromatic rings.